The minimum Gasteiger partial charge on any atom is -0.484 e. The molecular weight excluding hydrogens is 418 g/mol. The normalized spacial score (nSPS) is 15.9. The Morgan fingerprint density at radius 3 is 2.97 bits per heavy atom. The third kappa shape index (κ3) is 4.88. The van der Waals surface area contributed by atoms with Gasteiger partial charge in [0, 0.05) is 11.9 Å². The zero-order valence-corrected chi connectivity index (χ0v) is 18.3. The molecule has 3 heterocycles. The fourth-order valence-corrected chi connectivity index (χ4v) is 5.10. The smallest absolute Gasteiger partial charge is 0.261 e. The molecule has 156 valence electrons. The molecule has 30 heavy (non-hydrogen) atoms. The molecule has 0 radical (unpaired) electrons. The van der Waals surface area contributed by atoms with Crippen LogP contribution in [-0.2, 0) is 16.1 Å². The Balaban J connectivity index is 1.30. The van der Waals surface area contributed by atoms with Crippen LogP contribution in [0.3, 0.4) is 0 Å². The highest BCUT2D eigenvalue weighted by Gasteiger charge is 2.34. The number of hydrogen-bond acceptors (Lipinski definition) is 6. The van der Waals surface area contributed by atoms with Crippen LogP contribution in [0.2, 0.25) is 0 Å². The van der Waals surface area contributed by atoms with Gasteiger partial charge in [-0.3, -0.25) is 9.59 Å². The number of carbonyl (C=O) groups is 2. The highest BCUT2D eigenvalue weighted by molar-refractivity contribution is 7.20. The fourth-order valence-electron chi connectivity index (χ4n) is 3.47. The van der Waals surface area contributed by atoms with Crippen molar-refractivity contribution < 1.29 is 14.3 Å². The van der Waals surface area contributed by atoms with Gasteiger partial charge in [-0.2, -0.15) is 0 Å². The summed E-state index contributed by atoms with van der Waals surface area (Å²) in [5.41, 5.74) is 1.90. The van der Waals surface area contributed by atoms with E-state index < -0.39 is 6.04 Å². The molecule has 1 aromatic carbocycles. The second kappa shape index (κ2) is 9.40. The van der Waals surface area contributed by atoms with Gasteiger partial charge in [0.2, 0.25) is 5.91 Å². The molecule has 0 spiro atoms. The van der Waals surface area contributed by atoms with Gasteiger partial charge in [0.1, 0.15) is 16.8 Å². The van der Waals surface area contributed by atoms with Crippen molar-refractivity contribution in [2.75, 3.05) is 13.2 Å². The second-order valence-electron chi connectivity index (χ2n) is 7.19. The first-order valence-electron chi connectivity index (χ1n) is 9.85. The largest absolute Gasteiger partial charge is 0.484 e. The van der Waals surface area contributed by atoms with Gasteiger partial charge in [-0.1, -0.05) is 18.2 Å². The van der Waals surface area contributed by atoms with Crippen LogP contribution >= 0.6 is 22.7 Å². The quantitative estimate of drug-likeness (QED) is 0.604. The number of thiophene rings is 1. The highest BCUT2D eigenvalue weighted by atomic mass is 32.1. The van der Waals surface area contributed by atoms with Crippen LogP contribution in [0, 0.1) is 6.92 Å². The van der Waals surface area contributed by atoms with Crippen LogP contribution in [0.4, 0.5) is 0 Å². The molecule has 1 N–H and O–H groups in total. The van der Waals surface area contributed by atoms with Crippen molar-refractivity contribution >= 4 is 34.5 Å². The Labute approximate surface area is 183 Å². The van der Waals surface area contributed by atoms with E-state index in [9.17, 15) is 9.59 Å². The van der Waals surface area contributed by atoms with Gasteiger partial charge in [0.25, 0.3) is 5.91 Å². The van der Waals surface area contributed by atoms with Crippen LogP contribution in [0.15, 0.2) is 47.2 Å². The van der Waals surface area contributed by atoms with Crippen molar-refractivity contribution in [2.24, 2.45) is 0 Å². The van der Waals surface area contributed by atoms with Gasteiger partial charge >= 0.3 is 0 Å². The molecule has 0 saturated carbocycles. The average Bonchev–Trinajstić information content (AvgIpc) is 3.51. The van der Waals surface area contributed by atoms with Gasteiger partial charge in [-0.15, -0.1) is 22.7 Å². The van der Waals surface area contributed by atoms with E-state index in [0.717, 1.165) is 27.6 Å². The van der Waals surface area contributed by atoms with E-state index in [4.69, 9.17) is 4.74 Å². The Morgan fingerprint density at radius 1 is 1.27 bits per heavy atom. The Kier molecular flexibility index (Phi) is 6.44. The first kappa shape index (κ1) is 20.6. The molecule has 1 unspecified atom stereocenters. The summed E-state index contributed by atoms with van der Waals surface area (Å²) < 4.78 is 5.63. The summed E-state index contributed by atoms with van der Waals surface area (Å²) >= 11 is 3.21. The molecule has 3 aromatic rings. The maximum Gasteiger partial charge on any atom is 0.261 e. The highest BCUT2D eigenvalue weighted by Crippen LogP contribution is 2.27. The lowest BCUT2D eigenvalue weighted by Gasteiger charge is -2.24. The van der Waals surface area contributed by atoms with E-state index in [1.807, 2.05) is 54.1 Å². The molecule has 1 aliphatic rings. The summed E-state index contributed by atoms with van der Waals surface area (Å²) in [6, 6.07) is 11.2. The van der Waals surface area contributed by atoms with Crippen molar-refractivity contribution in [3.8, 4) is 15.6 Å². The molecule has 8 heteroatoms. The summed E-state index contributed by atoms with van der Waals surface area (Å²) in [6.45, 7) is 2.84. The maximum atomic E-state index is 12.7. The summed E-state index contributed by atoms with van der Waals surface area (Å²) in [5, 5.41) is 7.88. The van der Waals surface area contributed by atoms with Crippen molar-refractivity contribution in [2.45, 2.75) is 32.4 Å². The Bertz CT molecular complexity index is 1020. The molecule has 6 nitrogen and oxygen atoms in total. The first-order valence-corrected chi connectivity index (χ1v) is 11.6. The number of nitrogens with zero attached hydrogens (tertiary/aromatic N) is 2. The lowest BCUT2D eigenvalue weighted by molar-refractivity contribution is -0.140. The predicted molar refractivity (Wildman–Crippen MR) is 119 cm³/mol. The SMILES string of the molecule is Cc1cccc(OCC(=O)N2CCCC2C(=O)NCc2csc(-c3cccs3)n2)c1. The number of rotatable bonds is 7. The molecule has 1 saturated heterocycles. The molecule has 4 rings (SSSR count). The summed E-state index contributed by atoms with van der Waals surface area (Å²) in [5.74, 6) is 0.360. The average molecular weight is 442 g/mol. The van der Waals surface area contributed by atoms with Gasteiger partial charge in [-0.05, 0) is 48.9 Å². The van der Waals surface area contributed by atoms with Crippen LogP contribution in [0.25, 0.3) is 9.88 Å². The molecule has 0 aliphatic carbocycles. The van der Waals surface area contributed by atoms with Crippen molar-refractivity contribution in [1.82, 2.24) is 15.2 Å². The standard InChI is InChI=1S/C22H23N3O3S2/c1-15-5-2-6-17(11-15)28-13-20(26)25-9-3-7-18(25)21(27)23-12-16-14-30-22(24-16)19-8-4-10-29-19/h2,4-6,8,10-11,14,18H,3,7,9,12-13H2,1H3,(H,23,27). The van der Waals surface area contributed by atoms with E-state index in [1.165, 1.54) is 0 Å². The number of aromatic nitrogens is 1. The number of carbonyl (C=O) groups excluding carboxylic acids is 2. The minimum atomic E-state index is -0.450. The molecule has 0 bridgehead atoms. The van der Waals surface area contributed by atoms with Crippen LogP contribution in [-0.4, -0.2) is 40.9 Å². The molecule has 1 fully saturated rings. The molecule has 2 aromatic heterocycles. The first-order chi connectivity index (χ1) is 14.6. The number of thiazole rings is 1. The van der Waals surface area contributed by atoms with E-state index in [0.29, 0.717) is 25.3 Å². The van der Waals surface area contributed by atoms with Crippen LogP contribution < -0.4 is 10.1 Å². The lowest BCUT2D eigenvalue weighted by Crippen LogP contribution is -2.47. The number of nitrogens with one attached hydrogen (secondary N) is 1. The number of likely N-dealkylation sites (tertiary alicyclic amines) is 1. The lowest BCUT2D eigenvalue weighted by atomic mass is 10.2. The number of hydrogen-bond donors (Lipinski definition) is 1. The molecule has 1 aliphatic heterocycles. The predicted octanol–water partition coefficient (Wildman–Crippen LogP) is 3.87. The van der Waals surface area contributed by atoms with Gasteiger partial charge in [0.15, 0.2) is 6.61 Å². The number of amides is 2. The van der Waals surface area contributed by atoms with Crippen molar-refractivity contribution in [3.05, 3.63) is 58.4 Å². The topological polar surface area (TPSA) is 71.5 Å². The summed E-state index contributed by atoms with van der Waals surface area (Å²) in [7, 11) is 0. The molecule has 1 atom stereocenters. The summed E-state index contributed by atoms with van der Waals surface area (Å²) in [4.78, 5) is 32.7. The molecule has 2 amide bonds. The Morgan fingerprint density at radius 2 is 2.17 bits per heavy atom. The number of ether oxygens (including phenoxy) is 1. The zero-order valence-electron chi connectivity index (χ0n) is 16.7. The van der Waals surface area contributed by atoms with E-state index in [1.54, 1.807) is 27.6 Å². The zero-order chi connectivity index (χ0) is 20.9. The number of aryl methyl sites for hydroxylation is 1. The maximum absolute atomic E-state index is 12.7. The van der Waals surface area contributed by atoms with Crippen LogP contribution in [0.1, 0.15) is 24.1 Å². The van der Waals surface area contributed by atoms with E-state index >= 15 is 0 Å². The van der Waals surface area contributed by atoms with E-state index in [-0.39, 0.29) is 18.4 Å². The van der Waals surface area contributed by atoms with Crippen molar-refractivity contribution in [1.29, 1.82) is 0 Å². The summed E-state index contributed by atoms with van der Waals surface area (Å²) in [6.07, 6.45) is 1.48. The van der Waals surface area contributed by atoms with E-state index in [2.05, 4.69) is 10.3 Å². The third-order valence-corrected chi connectivity index (χ3v) is 6.89. The fraction of sp³-hybridized carbons (Fsp3) is 0.318. The van der Waals surface area contributed by atoms with Gasteiger partial charge in [0.05, 0.1) is 17.1 Å². The second-order valence-corrected chi connectivity index (χ2v) is 9.00. The molecular formula is C22H23N3O3S2. The van der Waals surface area contributed by atoms with Gasteiger partial charge in [-0.25, -0.2) is 4.98 Å². The Hall–Kier alpha value is -2.71. The van der Waals surface area contributed by atoms with Crippen LogP contribution in [0.5, 0.6) is 5.75 Å². The number of benzene rings is 1. The van der Waals surface area contributed by atoms with Crippen molar-refractivity contribution in [3.63, 3.8) is 0 Å². The minimum absolute atomic E-state index is 0.0660. The monoisotopic (exact) mass is 441 g/mol. The third-order valence-electron chi connectivity index (χ3n) is 4.96. The van der Waals surface area contributed by atoms with Gasteiger partial charge < -0.3 is 15.0 Å².